The van der Waals surface area contributed by atoms with Gasteiger partial charge >= 0.3 is 18.5 Å². The van der Waals surface area contributed by atoms with E-state index in [1.807, 2.05) is 101 Å². The molecule has 0 saturated carbocycles. The second kappa shape index (κ2) is 35.8. The van der Waals surface area contributed by atoms with Gasteiger partial charge in [-0.2, -0.15) is 39.5 Å². The molecule has 0 amide bonds. The van der Waals surface area contributed by atoms with Crippen LogP contribution in [0.2, 0.25) is 0 Å². The van der Waals surface area contributed by atoms with Gasteiger partial charge in [0.15, 0.2) is 64.8 Å². The number of aromatic hydroxyl groups is 1. The Kier molecular flexibility index (Phi) is 26.6. The number of benzene rings is 9. The van der Waals surface area contributed by atoms with Crippen LogP contribution < -0.4 is 45.3 Å². The molecule has 0 radical (unpaired) electrons. The highest BCUT2D eigenvalue weighted by Gasteiger charge is 2.54. The second-order valence-electron chi connectivity index (χ2n) is 28.4. The van der Waals surface area contributed by atoms with Gasteiger partial charge in [-0.3, -0.25) is 14.7 Å². The van der Waals surface area contributed by atoms with Gasteiger partial charge in [0.05, 0.1) is 56.1 Å². The molecule has 9 aromatic rings. The maximum absolute atomic E-state index is 15.1. The Hall–Kier alpha value is -13.2. The van der Waals surface area contributed by atoms with Crippen molar-refractivity contribution in [1.82, 2.24) is 0 Å². The van der Waals surface area contributed by atoms with Crippen molar-refractivity contribution in [2.24, 2.45) is 15.0 Å². The summed E-state index contributed by atoms with van der Waals surface area (Å²) < 4.78 is 137. The number of alkyl halides is 10. The van der Waals surface area contributed by atoms with E-state index in [0.717, 1.165) is 64.3 Å². The maximum Gasteiger partial charge on any atom is 0.407 e. The van der Waals surface area contributed by atoms with Crippen LogP contribution in [-0.2, 0) is 18.5 Å². The monoisotopic (exact) mass is 1750 g/mol. The lowest BCUT2D eigenvalue weighted by atomic mass is 10.0. The van der Waals surface area contributed by atoms with Crippen molar-refractivity contribution < 1.29 is 49.0 Å². The first-order valence-corrected chi connectivity index (χ1v) is 38.2. The molecule has 35 heteroatoms. The molecule has 3 heterocycles. The van der Waals surface area contributed by atoms with E-state index in [0.29, 0.717) is 73.0 Å². The highest BCUT2D eigenvalue weighted by Crippen LogP contribution is 2.46. The lowest BCUT2D eigenvalue weighted by Crippen LogP contribution is -2.49. The number of hydrogen-bond acceptors (Lipinski definition) is 7. The fraction of sp³-hybridized carbons (Fsp3) is 0.198. The molecule has 3 saturated heterocycles. The third-order valence-corrected chi connectivity index (χ3v) is 20.9. The van der Waals surface area contributed by atoms with Crippen molar-refractivity contribution in [2.75, 3.05) is 52.0 Å². The van der Waals surface area contributed by atoms with Crippen molar-refractivity contribution in [3.05, 3.63) is 295 Å². The van der Waals surface area contributed by atoms with Crippen LogP contribution in [0.25, 0.3) is 29.1 Å². The zero-order valence-corrected chi connectivity index (χ0v) is 70.3. The average molecular weight is 1750 g/mol. The van der Waals surface area contributed by atoms with E-state index in [-0.39, 0.29) is 49.1 Å². The smallest absolute Gasteiger partial charge is 0.407 e. The number of anilines is 9. The summed E-state index contributed by atoms with van der Waals surface area (Å²) in [6, 6.07) is 46.7. The number of thiocarbonyl (C=S) groups is 6. The minimum Gasteiger partial charge on any atom is -0.508 e. The first-order valence-electron chi connectivity index (χ1n) is 35.7. The molecular weight excluding hydrogens is 1680 g/mol. The van der Waals surface area contributed by atoms with Crippen LogP contribution in [0.3, 0.4) is 0 Å². The number of halogens is 10. The third-order valence-electron chi connectivity index (χ3n) is 19.2. The van der Waals surface area contributed by atoms with Crippen LogP contribution in [0.15, 0.2) is 197 Å². The molecular formula is C86H66F10N18OS6. The highest BCUT2D eigenvalue weighted by molar-refractivity contribution is 7.82. The van der Waals surface area contributed by atoms with E-state index in [4.69, 9.17) is 113 Å². The van der Waals surface area contributed by atoms with Crippen molar-refractivity contribution in [3.63, 3.8) is 0 Å². The normalized spacial score (nSPS) is 16.4. The Balaban J connectivity index is 0.000000190. The zero-order chi connectivity index (χ0) is 88.9. The lowest BCUT2D eigenvalue weighted by molar-refractivity contribution is -0.137. The summed E-state index contributed by atoms with van der Waals surface area (Å²) in [4.78, 5) is 43.6. The van der Waals surface area contributed by atoms with Gasteiger partial charge < -0.3 is 35.8 Å². The Bertz CT molecular complexity index is 5840. The summed E-state index contributed by atoms with van der Waals surface area (Å²) in [5.74, 6) is 1.01. The fourth-order valence-electron chi connectivity index (χ4n) is 13.2. The number of rotatable bonds is 10. The number of nitrogens with one attached hydrogen (secondary N) is 3. The summed E-state index contributed by atoms with van der Waals surface area (Å²) in [6.07, 6.45) is -14.2. The number of nitrogens with zero attached hydrogens (tertiary/aromatic N) is 15. The van der Waals surface area contributed by atoms with E-state index in [1.165, 1.54) is 30.3 Å². The summed E-state index contributed by atoms with van der Waals surface area (Å²) in [5.41, 5.74) is 1.51. The first kappa shape index (κ1) is 90.1. The minimum atomic E-state index is -4.75. The molecule has 3 aliphatic rings. The quantitative estimate of drug-likeness (QED) is 0.0586. The number of hydrogen-bond donors (Lipinski definition) is 4. The molecule has 0 aliphatic carbocycles. The molecule has 121 heavy (non-hydrogen) atoms. The molecule has 612 valence electrons. The largest absolute Gasteiger partial charge is 0.508 e. The second-order valence-corrected chi connectivity index (χ2v) is 30.7. The number of aliphatic imine (C=N–C) groups is 3. The fourth-order valence-corrected chi connectivity index (χ4v) is 15.4. The molecule has 3 fully saturated rings. The van der Waals surface area contributed by atoms with E-state index < -0.39 is 75.6 Å². The van der Waals surface area contributed by atoms with Crippen molar-refractivity contribution in [2.45, 2.75) is 104 Å². The van der Waals surface area contributed by atoms with Gasteiger partial charge in [0.2, 0.25) is 0 Å². The molecule has 12 rings (SSSR count). The van der Waals surface area contributed by atoms with E-state index >= 15 is 4.39 Å². The van der Waals surface area contributed by atoms with Gasteiger partial charge in [-0.05, 0) is 281 Å². The maximum atomic E-state index is 15.1. The van der Waals surface area contributed by atoms with Gasteiger partial charge in [-0.15, -0.1) is 0 Å². The van der Waals surface area contributed by atoms with Crippen LogP contribution in [0.1, 0.15) is 79.1 Å². The van der Waals surface area contributed by atoms with Crippen molar-refractivity contribution >= 4 is 207 Å². The molecule has 0 aromatic heterocycles. The lowest BCUT2D eigenvalue weighted by Gasteiger charge is -2.32. The molecule has 9 aromatic carbocycles. The summed E-state index contributed by atoms with van der Waals surface area (Å²) in [5, 5.41) is 18.5. The predicted octanol–water partition coefficient (Wildman–Crippen LogP) is 25.2. The topological polar surface area (TPSA) is 139 Å². The predicted molar refractivity (Wildman–Crippen MR) is 482 cm³/mol. The van der Waals surface area contributed by atoms with Crippen LogP contribution in [-0.4, -0.2) is 76.6 Å². The zero-order valence-electron chi connectivity index (χ0n) is 65.4. The van der Waals surface area contributed by atoms with Gasteiger partial charge in [0, 0.05) is 51.2 Å². The third kappa shape index (κ3) is 19.1. The minimum absolute atomic E-state index is 0.0200. The SMILES string of the molecule is [C-]#[N+]c1ccc(N2C(=S)N(c3ccc(C)cc3)C(C)(C)C2=NC(=S)Nc2ccc([N+]#[C-])c(C(F)(F)F)c2)cc1C.[C-]#[N+]c1ccc(N2C(=S)N(c3ccc(C)cc3)C(C)(CF)C2=NC(=S)Nc2ccc([N+]#[C-])c(C(F)(F)F)c2)cc1C.[C-]#[N+]c1ccc(N2C(=S)N(c3ccc(O)cc3)C(C)(C)C2=NC(=S)Nc2ccc([N+]#[C-])c(C(F)(F)F)c2)cc1C. The van der Waals surface area contributed by atoms with E-state index in [9.17, 15) is 44.6 Å². The van der Waals surface area contributed by atoms with Gasteiger partial charge in [0.25, 0.3) is 0 Å². The number of phenols is 1. The average Bonchev–Trinajstić information content (AvgIpc) is 1.59. The van der Waals surface area contributed by atoms with E-state index in [1.54, 1.807) is 113 Å². The van der Waals surface area contributed by atoms with Crippen LogP contribution in [0.4, 0.5) is 129 Å². The van der Waals surface area contributed by atoms with Crippen LogP contribution in [0, 0.1) is 74.1 Å². The molecule has 0 spiro atoms. The van der Waals surface area contributed by atoms with Gasteiger partial charge in [-0.25, -0.2) is 48.4 Å². The van der Waals surface area contributed by atoms with Crippen LogP contribution >= 0.6 is 73.3 Å². The Morgan fingerprint density at radius 2 is 0.612 bits per heavy atom. The summed E-state index contributed by atoms with van der Waals surface area (Å²) in [7, 11) is 0. The van der Waals surface area contributed by atoms with E-state index in [2.05, 4.69) is 60.0 Å². The Morgan fingerprint density at radius 3 is 0.884 bits per heavy atom. The summed E-state index contributed by atoms with van der Waals surface area (Å²) >= 11 is 34.0. The number of phenolic OH excluding ortho intramolecular Hbond substituents is 1. The molecule has 1 atom stereocenters. The van der Waals surface area contributed by atoms with Gasteiger partial charge in [-0.1, -0.05) is 71.8 Å². The van der Waals surface area contributed by atoms with Crippen molar-refractivity contribution in [3.8, 4) is 5.75 Å². The Morgan fingerprint density at radius 1 is 0.364 bits per heavy atom. The van der Waals surface area contributed by atoms with Crippen LogP contribution in [0.5, 0.6) is 5.75 Å². The standard InChI is InChI=1S/C29H22F4N6S2.C29H23F3N6S2.C28H21F3N6OS2/c1-17-6-9-20(10-7-17)39-27(41)38(21-11-13-23(34-4)18(2)14-21)25(28(39,3)16-30)37-26(40)36-19-8-12-24(35-5)22(15-19)29(31,32)33;1-17-7-10-20(11-8-17)38-27(40)37(21-12-14-23(33-5)18(2)15-21)25(28(38,3)4)36-26(39)35-19-9-13-24(34-6)22(16-19)29(30,31)32;1-16-14-19(9-13-22(16)32-4)36-24(27(2,3)37(26(36)40)18-7-10-20(38)11-8-18)35-25(39)34-17-6-12-23(33-5)21(15-17)28(29,30)31/h6-15H,16H2,1-3H3,(H,36,40);7-16H,1-4H3,(H,35,39);6-15,38H,1-3H3,(H,34,39). The molecule has 19 nitrogen and oxygen atoms in total. The highest BCUT2D eigenvalue weighted by atomic mass is 32.1. The molecule has 0 bridgehead atoms. The number of amidine groups is 3. The molecule has 3 aliphatic heterocycles. The first-order chi connectivity index (χ1) is 56.9. The molecule has 4 N–H and O–H groups in total. The Labute approximate surface area is 723 Å². The number of aryl methyl sites for hydroxylation is 5. The van der Waals surface area contributed by atoms with Crippen molar-refractivity contribution in [1.29, 1.82) is 0 Å². The molecule has 1 unspecified atom stereocenters. The summed E-state index contributed by atoms with van der Waals surface area (Å²) in [6.45, 7) is 60.8. The van der Waals surface area contributed by atoms with Gasteiger partial charge in [0.1, 0.15) is 46.5 Å².